The van der Waals surface area contributed by atoms with Crippen LogP contribution in [0.2, 0.25) is 0 Å². The highest BCUT2D eigenvalue weighted by Gasteiger charge is 2.37. The molecule has 0 spiro atoms. The van der Waals surface area contributed by atoms with Crippen molar-refractivity contribution in [1.29, 1.82) is 0 Å². The van der Waals surface area contributed by atoms with Gasteiger partial charge in [-0.15, -0.1) is 0 Å². The summed E-state index contributed by atoms with van der Waals surface area (Å²) in [5.41, 5.74) is 0.897. The van der Waals surface area contributed by atoms with Gasteiger partial charge in [0.25, 0.3) is 5.91 Å². The van der Waals surface area contributed by atoms with Crippen molar-refractivity contribution in [2.24, 2.45) is 0 Å². The normalized spacial score (nSPS) is 16.7. The molecule has 0 atom stereocenters. The lowest BCUT2D eigenvalue weighted by atomic mass is 10.0. The van der Waals surface area contributed by atoms with Crippen molar-refractivity contribution >= 4 is 16.9 Å². The van der Waals surface area contributed by atoms with E-state index < -0.39 is 24.7 Å². The molecule has 1 amide bonds. The maximum Gasteiger partial charge on any atom is 0.406 e. The summed E-state index contributed by atoms with van der Waals surface area (Å²) in [7, 11) is 0. The molecule has 0 radical (unpaired) electrons. The van der Waals surface area contributed by atoms with Gasteiger partial charge in [-0.3, -0.25) is 4.79 Å². The van der Waals surface area contributed by atoms with E-state index in [1.165, 1.54) is 18.2 Å². The zero-order chi connectivity index (χ0) is 16.4. The smallest absolute Gasteiger partial charge is 0.381 e. The van der Waals surface area contributed by atoms with E-state index in [0.29, 0.717) is 37.1 Å². The molecule has 1 aliphatic heterocycles. The fraction of sp³-hybridized carbons (Fsp3) is 0.500. The Kier molecular flexibility index (Phi) is 4.20. The Hall–Kier alpha value is -2.16. The van der Waals surface area contributed by atoms with E-state index in [0.717, 1.165) is 4.90 Å². The highest BCUT2D eigenvalue weighted by molar-refractivity contribution is 5.97. The van der Waals surface area contributed by atoms with Crippen LogP contribution in [0, 0.1) is 0 Å². The minimum atomic E-state index is -4.46. The third-order valence-electron chi connectivity index (χ3n) is 3.74. The summed E-state index contributed by atoms with van der Waals surface area (Å²) in [6.07, 6.45) is -3.70. The first-order valence-corrected chi connectivity index (χ1v) is 7.12. The molecule has 1 saturated heterocycles. The number of nitrogens with zero attached hydrogens (tertiary/aromatic N) is 3. The first-order valence-electron chi connectivity index (χ1n) is 7.12. The Morgan fingerprint density at radius 2 is 1.91 bits per heavy atom. The van der Waals surface area contributed by atoms with Crippen LogP contribution in [0.15, 0.2) is 22.8 Å². The topological polar surface area (TPSA) is 68.5 Å². The number of amides is 1. The molecule has 1 aliphatic rings. The molecule has 3 rings (SSSR count). The molecule has 0 aliphatic carbocycles. The zero-order valence-electron chi connectivity index (χ0n) is 12.0. The van der Waals surface area contributed by atoms with Gasteiger partial charge in [0.1, 0.15) is 17.6 Å². The lowest BCUT2D eigenvalue weighted by Crippen LogP contribution is -2.47. The van der Waals surface area contributed by atoms with Gasteiger partial charge in [-0.2, -0.15) is 13.2 Å². The van der Waals surface area contributed by atoms with Gasteiger partial charge in [0.2, 0.25) is 0 Å². The van der Waals surface area contributed by atoms with Crippen molar-refractivity contribution in [2.45, 2.75) is 25.1 Å². The predicted octanol–water partition coefficient (Wildman–Crippen LogP) is 2.41. The molecule has 1 fully saturated rings. The molecular formula is C14H14F3N3O3. The fourth-order valence-electron chi connectivity index (χ4n) is 2.64. The minimum absolute atomic E-state index is 0.129. The Morgan fingerprint density at radius 3 is 2.61 bits per heavy atom. The van der Waals surface area contributed by atoms with Gasteiger partial charge in [0.05, 0.1) is 0 Å². The number of alkyl halides is 3. The lowest BCUT2D eigenvalue weighted by Gasteiger charge is -2.34. The van der Waals surface area contributed by atoms with Gasteiger partial charge >= 0.3 is 6.18 Å². The fourth-order valence-corrected chi connectivity index (χ4v) is 2.64. The molecule has 0 bridgehead atoms. The molecule has 124 valence electrons. The summed E-state index contributed by atoms with van der Waals surface area (Å²) in [6, 6.07) is 3.81. The van der Waals surface area contributed by atoms with Gasteiger partial charge in [-0.1, -0.05) is 0 Å². The number of aromatic nitrogens is 2. The molecule has 1 aromatic carbocycles. The maximum absolute atomic E-state index is 12.9. The molecule has 1 aromatic heterocycles. The minimum Gasteiger partial charge on any atom is -0.381 e. The van der Waals surface area contributed by atoms with Crippen LogP contribution in [0.1, 0.15) is 23.2 Å². The van der Waals surface area contributed by atoms with Crippen LogP contribution >= 0.6 is 0 Å². The predicted molar refractivity (Wildman–Crippen MR) is 72.7 cm³/mol. The molecule has 2 heterocycles. The second kappa shape index (κ2) is 6.15. The largest absolute Gasteiger partial charge is 0.406 e. The van der Waals surface area contributed by atoms with E-state index in [-0.39, 0.29) is 5.56 Å². The van der Waals surface area contributed by atoms with Crippen molar-refractivity contribution in [3.8, 4) is 0 Å². The van der Waals surface area contributed by atoms with Gasteiger partial charge in [-0.25, -0.2) is 4.63 Å². The van der Waals surface area contributed by atoms with Crippen LogP contribution in [0.5, 0.6) is 0 Å². The molecule has 9 heteroatoms. The van der Waals surface area contributed by atoms with Crippen molar-refractivity contribution in [1.82, 2.24) is 15.2 Å². The highest BCUT2D eigenvalue weighted by atomic mass is 19.4. The van der Waals surface area contributed by atoms with Crippen molar-refractivity contribution in [3.63, 3.8) is 0 Å². The van der Waals surface area contributed by atoms with Crippen molar-refractivity contribution in [3.05, 3.63) is 23.8 Å². The van der Waals surface area contributed by atoms with E-state index in [9.17, 15) is 18.0 Å². The van der Waals surface area contributed by atoms with E-state index in [1.807, 2.05) is 0 Å². The molecule has 2 aromatic rings. The summed E-state index contributed by atoms with van der Waals surface area (Å²) >= 11 is 0. The van der Waals surface area contributed by atoms with Crippen LogP contribution in [0.3, 0.4) is 0 Å². The van der Waals surface area contributed by atoms with Crippen LogP contribution in [-0.4, -0.2) is 53.1 Å². The van der Waals surface area contributed by atoms with E-state index in [2.05, 4.69) is 14.9 Å². The average molecular weight is 329 g/mol. The van der Waals surface area contributed by atoms with Crippen molar-refractivity contribution in [2.75, 3.05) is 19.8 Å². The summed E-state index contributed by atoms with van der Waals surface area (Å²) in [4.78, 5) is 13.5. The number of halogens is 3. The second-order valence-electron chi connectivity index (χ2n) is 5.36. The molecule has 0 saturated carbocycles. The Bertz CT molecular complexity index is 695. The van der Waals surface area contributed by atoms with Crippen LogP contribution in [0.4, 0.5) is 13.2 Å². The van der Waals surface area contributed by atoms with Gasteiger partial charge in [0, 0.05) is 24.8 Å². The van der Waals surface area contributed by atoms with E-state index in [1.54, 1.807) is 0 Å². The monoisotopic (exact) mass is 329 g/mol. The van der Waals surface area contributed by atoms with E-state index in [4.69, 9.17) is 4.74 Å². The summed E-state index contributed by atoms with van der Waals surface area (Å²) in [5.74, 6) is -0.681. The maximum atomic E-state index is 12.9. The summed E-state index contributed by atoms with van der Waals surface area (Å²) < 4.78 is 48.3. The zero-order valence-corrected chi connectivity index (χ0v) is 12.0. The highest BCUT2D eigenvalue weighted by Crippen LogP contribution is 2.24. The molecule has 6 nitrogen and oxygen atoms in total. The Balaban J connectivity index is 1.88. The Morgan fingerprint density at radius 1 is 1.22 bits per heavy atom. The average Bonchev–Trinajstić information content (AvgIpc) is 2.99. The number of hydrogen-bond acceptors (Lipinski definition) is 5. The number of rotatable bonds is 3. The standard InChI is InChI=1S/C14H14F3N3O3/c15-14(16,17)8-20(10-3-5-22-6-4-10)13(21)9-1-2-11-12(7-9)19-23-18-11/h1-2,7,10H,3-6,8H2. The van der Waals surface area contributed by atoms with Crippen LogP contribution in [-0.2, 0) is 4.74 Å². The first-order chi connectivity index (χ1) is 10.9. The van der Waals surface area contributed by atoms with Gasteiger partial charge in [-0.05, 0) is 41.4 Å². The summed E-state index contributed by atoms with van der Waals surface area (Å²) in [6.45, 7) is -0.595. The molecule has 0 unspecified atom stereocenters. The Labute approximate surface area is 129 Å². The number of hydrogen-bond donors (Lipinski definition) is 0. The number of carbonyl (C=O) groups is 1. The molecular weight excluding hydrogens is 315 g/mol. The molecule has 23 heavy (non-hydrogen) atoms. The second-order valence-corrected chi connectivity index (χ2v) is 5.36. The lowest BCUT2D eigenvalue weighted by molar-refractivity contribution is -0.147. The number of fused-ring (bicyclic) bond motifs is 1. The quantitative estimate of drug-likeness (QED) is 0.865. The number of ether oxygens (including phenoxy) is 1. The van der Waals surface area contributed by atoms with Crippen LogP contribution in [0.25, 0.3) is 11.0 Å². The number of carbonyl (C=O) groups excluding carboxylic acids is 1. The van der Waals surface area contributed by atoms with Gasteiger partial charge < -0.3 is 9.64 Å². The van der Waals surface area contributed by atoms with Crippen LogP contribution < -0.4 is 0 Å². The SMILES string of the molecule is O=C(c1ccc2nonc2c1)N(CC(F)(F)F)C1CCOCC1. The van der Waals surface area contributed by atoms with E-state index >= 15 is 0 Å². The first kappa shape index (κ1) is 15.7. The third kappa shape index (κ3) is 3.61. The molecule has 0 N–H and O–H groups in total. The van der Waals surface area contributed by atoms with Crippen molar-refractivity contribution < 1.29 is 27.3 Å². The number of benzene rings is 1. The van der Waals surface area contributed by atoms with Gasteiger partial charge in [0.15, 0.2) is 0 Å². The third-order valence-corrected chi connectivity index (χ3v) is 3.74. The summed E-state index contributed by atoms with van der Waals surface area (Å²) in [5, 5.41) is 7.21.